The summed E-state index contributed by atoms with van der Waals surface area (Å²) in [6.07, 6.45) is 0. The van der Waals surface area contributed by atoms with Crippen LogP contribution in [0.15, 0.2) is 24.3 Å². The van der Waals surface area contributed by atoms with E-state index in [-0.39, 0.29) is 0 Å². The van der Waals surface area contributed by atoms with Crippen LogP contribution in [0.5, 0.6) is 5.75 Å². The molecule has 0 saturated heterocycles. The molecule has 0 aromatic heterocycles. The van der Waals surface area contributed by atoms with Crippen LogP contribution in [-0.4, -0.2) is 30.9 Å². The first-order valence-electron chi connectivity index (χ1n) is 4.97. The zero-order chi connectivity index (χ0) is 12.8. The lowest BCUT2D eigenvalue weighted by Crippen LogP contribution is -2.43. The lowest BCUT2D eigenvalue weighted by molar-refractivity contribution is -0.145. The molecule has 0 radical (unpaired) electrons. The molecule has 0 aliphatic rings. The van der Waals surface area contributed by atoms with Crippen LogP contribution in [0.25, 0.3) is 0 Å². The van der Waals surface area contributed by atoms with E-state index in [0.29, 0.717) is 12.3 Å². The highest BCUT2D eigenvalue weighted by Crippen LogP contribution is 2.13. The Morgan fingerprint density at radius 1 is 1.47 bits per heavy atom. The smallest absolute Gasteiger partial charge is 0.323 e. The number of methoxy groups -OCH3 is 1. The van der Waals surface area contributed by atoms with Crippen molar-refractivity contribution in [3.63, 3.8) is 0 Å². The molecule has 0 spiro atoms. The van der Waals surface area contributed by atoms with Gasteiger partial charge in [0, 0.05) is 13.6 Å². The minimum Gasteiger partial charge on any atom is -0.497 e. The van der Waals surface area contributed by atoms with Crippen molar-refractivity contribution in [3.8, 4) is 5.75 Å². The molecule has 0 unspecified atom stereocenters. The first kappa shape index (κ1) is 13.0. The molecular formula is C11H15N3O3. The van der Waals surface area contributed by atoms with E-state index in [1.165, 1.54) is 11.9 Å². The second-order valence-electron chi connectivity index (χ2n) is 3.49. The van der Waals surface area contributed by atoms with Crippen molar-refractivity contribution in [2.45, 2.75) is 6.54 Å². The summed E-state index contributed by atoms with van der Waals surface area (Å²) in [6.45, 7) is 0.309. The monoisotopic (exact) mass is 237 g/mol. The molecule has 0 aliphatic heterocycles. The van der Waals surface area contributed by atoms with Crippen LogP contribution in [-0.2, 0) is 16.1 Å². The number of rotatable bonds is 3. The van der Waals surface area contributed by atoms with Crippen LogP contribution in [0.4, 0.5) is 0 Å². The Morgan fingerprint density at radius 2 is 2.18 bits per heavy atom. The third-order valence-electron chi connectivity index (χ3n) is 2.23. The zero-order valence-corrected chi connectivity index (χ0v) is 9.77. The van der Waals surface area contributed by atoms with Crippen LogP contribution in [0.1, 0.15) is 5.56 Å². The minimum atomic E-state index is -0.838. The number of hydrazine groups is 1. The largest absolute Gasteiger partial charge is 0.497 e. The molecule has 1 rings (SSSR count). The predicted molar refractivity (Wildman–Crippen MR) is 61.8 cm³/mol. The third kappa shape index (κ3) is 3.46. The minimum absolute atomic E-state index is 0.309. The Labute approximate surface area is 99.3 Å². The molecule has 17 heavy (non-hydrogen) atoms. The van der Waals surface area contributed by atoms with Crippen LogP contribution >= 0.6 is 0 Å². The fourth-order valence-electron chi connectivity index (χ4n) is 1.35. The Morgan fingerprint density at radius 3 is 2.76 bits per heavy atom. The van der Waals surface area contributed by atoms with Gasteiger partial charge < -0.3 is 9.64 Å². The molecule has 1 aromatic rings. The standard InChI is InChI=1S/C11H15N3O3/c1-14(11(16)10(15)13-12)7-8-4-3-5-9(6-8)17-2/h3-6H,7,12H2,1-2H3,(H,13,15). The molecule has 92 valence electrons. The van der Waals surface area contributed by atoms with E-state index in [2.05, 4.69) is 0 Å². The Balaban J connectivity index is 2.70. The molecule has 6 heteroatoms. The maximum Gasteiger partial charge on any atom is 0.323 e. The number of nitrogens with two attached hydrogens (primary N) is 1. The molecule has 6 nitrogen and oxygen atoms in total. The van der Waals surface area contributed by atoms with Crippen LogP contribution < -0.4 is 16.0 Å². The van der Waals surface area contributed by atoms with Crippen molar-refractivity contribution in [1.82, 2.24) is 10.3 Å². The van der Waals surface area contributed by atoms with E-state index >= 15 is 0 Å². The molecule has 0 heterocycles. The predicted octanol–water partition coefficient (Wildman–Crippen LogP) is -0.356. The zero-order valence-electron chi connectivity index (χ0n) is 9.77. The van der Waals surface area contributed by atoms with Gasteiger partial charge in [-0.25, -0.2) is 5.84 Å². The number of benzene rings is 1. The third-order valence-corrected chi connectivity index (χ3v) is 2.23. The van der Waals surface area contributed by atoms with Crippen molar-refractivity contribution >= 4 is 11.8 Å². The van der Waals surface area contributed by atoms with E-state index in [4.69, 9.17) is 10.6 Å². The van der Waals surface area contributed by atoms with Crippen molar-refractivity contribution in [2.75, 3.05) is 14.2 Å². The molecule has 0 atom stereocenters. The number of nitrogens with one attached hydrogen (secondary N) is 1. The summed E-state index contributed by atoms with van der Waals surface area (Å²) < 4.78 is 5.06. The van der Waals surface area contributed by atoms with E-state index in [9.17, 15) is 9.59 Å². The summed E-state index contributed by atoms with van der Waals surface area (Å²) in [5, 5.41) is 0. The first-order chi connectivity index (χ1) is 8.08. The van der Waals surface area contributed by atoms with Crippen molar-refractivity contribution < 1.29 is 14.3 Å². The lowest BCUT2D eigenvalue weighted by Gasteiger charge is -2.16. The number of carbonyl (C=O) groups excluding carboxylic acids is 2. The van der Waals surface area contributed by atoms with E-state index in [1.807, 2.05) is 12.1 Å². The Hall–Kier alpha value is -2.08. The van der Waals surface area contributed by atoms with Gasteiger partial charge in [-0.15, -0.1) is 0 Å². The Bertz CT molecular complexity index is 420. The second kappa shape index (κ2) is 5.86. The summed E-state index contributed by atoms with van der Waals surface area (Å²) in [6, 6.07) is 7.25. The van der Waals surface area contributed by atoms with Crippen molar-refractivity contribution in [2.24, 2.45) is 5.84 Å². The number of amides is 2. The summed E-state index contributed by atoms with van der Waals surface area (Å²) in [4.78, 5) is 23.7. The summed E-state index contributed by atoms with van der Waals surface area (Å²) >= 11 is 0. The number of hydrogen-bond donors (Lipinski definition) is 2. The summed E-state index contributed by atoms with van der Waals surface area (Å²) in [7, 11) is 3.09. The van der Waals surface area contributed by atoms with Crippen LogP contribution in [0, 0.1) is 0 Å². The number of nitrogens with zero attached hydrogens (tertiary/aromatic N) is 1. The quantitative estimate of drug-likeness (QED) is 0.325. The fraction of sp³-hybridized carbons (Fsp3) is 0.273. The Kier molecular flexibility index (Phi) is 4.47. The molecule has 1 aromatic carbocycles. The summed E-state index contributed by atoms with van der Waals surface area (Å²) in [5.41, 5.74) is 2.66. The summed E-state index contributed by atoms with van der Waals surface area (Å²) in [5.74, 6) is 4.06. The van der Waals surface area contributed by atoms with Gasteiger partial charge in [-0.3, -0.25) is 15.0 Å². The van der Waals surface area contributed by atoms with Crippen molar-refractivity contribution in [1.29, 1.82) is 0 Å². The normalized spacial score (nSPS) is 9.59. The highest BCUT2D eigenvalue weighted by Gasteiger charge is 2.17. The van der Waals surface area contributed by atoms with Gasteiger partial charge in [0.25, 0.3) is 0 Å². The SMILES string of the molecule is COc1cccc(CN(C)C(=O)C(=O)NN)c1. The second-order valence-corrected chi connectivity index (χ2v) is 3.49. The van der Waals surface area contributed by atoms with Gasteiger partial charge in [-0.05, 0) is 17.7 Å². The average molecular weight is 237 g/mol. The maximum absolute atomic E-state index is 11.4. The lowest BCUT2D eigenvalue weighted by atomic mass is 10.2. The average Bonchev–Trinajstić information content (AvgIpc) is 2.37. The highest BCUT2D eigenvalue weighted by atomic mass is 16.5. The van der Waals surface area contributed by atoms with Gasteiger partial charge >= 0.3 is 11.8 Å². The van der Waals surface area contributed by atoms with Gasteiger partial charge in [-0.2, -0.15) is 0 Å². The van der Waals surface area contributed by atoms with E-state index in [0.717, 1.165) is 5.56 Å². The van der Waals surface area contributed by atoms with Crippen molar-refractivity contribution in [3.05, 3.63) is 29.8 Å². The topological polar surface area (TPSA) is 84.7 Å². The molecule has 0 bridgehead atoms. The fourth-order valence-corrected chi connectivity index (χ4v) is 1.35. The van der Waals surface area contributed by atoms with Gasteiger partial charge in [-0.1, -0.05) is 12.1 Å². The molecule has 3 N–H and O–H groups in total. The van der Waals surface area contributed by atoms with Gasteiger partial charge in [0.15, 0.2) is 0 Å². The van der Waals surface area contributed by atoms with E-state index in [1.54, 1.807) is 24.7 Å². The van der Waals surface area contributed by atoms with Crippen LogP contribution in [0.2, 0.25) is 0 Å². The highest BCUT2D eigenvalue weighted by molar-refractivity contribution is 6.34. The number of ether oxygens (including phenoxy) is 1. The number of hydrogen-bond acceptors (Lipinski definition) is 4. The molecule has 0 fully saturated rings. The molecule has 0 saturated carbocycles. The number of carbonyl (C=O) groups is 2. The molecular weight excluding hydrogens is 222 g/mol. The van der Waals surface area contributed by atoms with E-state index < -0.39 is 11.8 Å². The van der Waals surface area contributed by atoms with Gasteiger partial charge in [0.2, 0.25) is 0 Å². The molecule has 0 aliphatic carbocycles. The van der Waals surface area contributed by atoms with Crippen LogP contribution in [0.3, 0.4) is 0 Å². The number of likely N-dealkylation sites (N-methyl/N-ethyl adjacent to an activating group) is 1. The first-order valence-corrected chi connectivity index (χ1v) is 4.97. The van der Waals surface area contributed by atoms with Gasteiger partial charge in [0.05, 0.1) is 7.11 Å². The maximum atomic E-state index is 11.4. The van der Waals surface area contributed by atoms with Gasteiger partial charge in [0.1, 0.15) is 5.75 Å². The molecule has 2 amide bonds.